The lowest BCUT2D eigenvalue weighted by Gasteiger charge is -2.23. The molecule has 2 bridgehead atoms. The molecule has 116 valence electrons. The van der Waals surface area contributed by atoms with Crippen LogP contribution in [0.1, 0.15) is 27.7 Å². The highest BCUT2D eigenvalue weighted by atomic mass is 16.6. The molecule has 21 heavy (non-hydrogen) atoms. The molecule has 5 heteroatoms. The Morgan fingerprint density at radius 1 is 1.48 bits per heavy atom. The summed E-state index contributed by atoms with van der Waals surface area (Å²) in [5.41, 5.74) is -0.614. The van der Waals surface area contributed by atoms with Gasteiger partial charge in [-0.2, -0.15) is 0 Å². The van der Waals surface area contributed by atoms with Gasteiger partial charge in [0.1, 0.15) is 11.5 Å². The number of esters is 1. The summed E-state index contributed by atoms with van der Waals surface area (Å²) >= 11 is 0. The molecule has 5 nitrogen and oxygen atoms in total. The quantitative estimate of drug-likeness (QED) is 0.580. The summed E-state index contributed by atoms with van der Waals surface area (Å²) in [6, 6.07) is 0. The highest BCUT2D eigenvalue weighted by Crippen LogP contribution is 2.52. The molecular weight excluding hydrogens is 270 g/mol. The number of carbonyl (C=O) groups is 2. The number of amides is 1. The second kappa shape index (κ2) is 4.83. The van der Waals surface area contributed by atoms with Gasteiger partial charge in [-0.3, -0.25) is 9.59 Å². The highest BCUT2D eigenvalue weighted by molar-refractivity contribution is 5.91. The summed E-state index contributed by atoms with van der Waals surface area (Å²) in [6.07, 6.45) is 3.39. The van der Waals surface area contributed by atoms with Crippen molar-refractivity contribution >= 4 is 11.9 Å². The van der Waals surface area contributed by atoms with E-state index in [9.17, 15) is 9.59 Å². The molecule has 1 amide bonds. The predicted molar refractivity (Wildman–Crippen MR) is 76.4 cm³/mol. The Morgan fingerprint density at radius 3 is 2.81 bits per heavy atom. The Morgan fingerprint density at radius 2 is 2.19 bits per heavy atom. The number of fused-ring (bicyclic) bond motifs is 1. The second-order valence-electron chi connectivity index (χ2n) is 7.00. The van der Waals surface area contributed by atoms with Crippen molar-refractivity contribution in [1.82, 2.24) is 4.90 Å². The minimum atomic E-state index is -0.614. The lowest BCUT2D eigenvalue weighted by atomic mass is 9.77. The van der Waals surface area contributed by atoms with Crippen molar-refractivity contribution in [3.05, 3.63) is 12.2 Å². The topological polar surface area (TPSA) is 55.8 Å². The Balaban J connectivity index is 1.85. The van der Waals surface area contributed by atoms with Crippen LogP contribution in [0, 0.1) is 17.8 Å². The zero-order valence-corrected chi connectivity index (χ0v) is 13.0. The molecule has 0 radical (unpaired) electrons. The van der Waals surface area contributed by atoms with Crippen molar-refractivity contribution in [3.8, 4) is 0 Å². The molecule has 0 aromatic carbocycles. The fraction of sp³-hybridized carbons (Fsp3) is 0.750. The molecule has 3 rings (SSSR count). The normalized spacial score (nSPS) is 37.0. The highest BCUT2D eigenvalue weighted by Gasteiger charge is 2.67. The Labute approximate surface area is 125 Å². The Bertz CT molecular complexity index is 499. The van der Waals surface area contributed by atoms with Crippen molar-refractivity contribution in [2.75, 3.05) is 13.1 Å². The van der Waals surface area contributed by atoms with Crippen molar-refractivity contribution in [3.63, 3.8) is 0 Å². The second-order valence-corrected chi connectivity index (χ2v) is 7.00. The van der Waals surface area contributed by atoms with Gasteiger partial charge >= 0.3 is 5.97 Å². The van der Waals surface area contributed by atoms with Crippen LogP contribution in [0.15, 0.2) is 12.2 Å². The molecule has 3 aliphatic heterocycles. The zero-order chi connectivity index (χ0) is 15.4. The average Bonchev–Trinajstić information content (AvgIpc) is 2.97. The van der Waals surface area contributed by atoms with Crippen LogP contribution in [-0.4, -0.2) is 47.7 Å². The van der Waals surface area contributed by atoms with E-state index in [0.717, 1.165) is 0 Å². The van der Waals surface area contributed by atoms with Gasteiger partial charge < -0.3 is 14.4 Å². The van der Waals surface area contributed by atoms with Gasteiger partial charge in [-0.15, -0.1) is 0 Å². The first-order chi connectivity index (χ1) is 9.84. The molecule has 2 saturated heterocycles. The number of hydrogen-bond donors (Lipinski definition) is 0. The van der Waals surface area contributed by atoms with Gasteiger partial charge in [0.2, 0.25) is 5.91 Å². The first-order valence-corrected chi connectivity index (χ1v) is 7.70. The molecule has 1 spiro atoms. The van der Waals surface area contributed by atoms with E-state index in [-0.39, 0.29) is 24.1 Å². The first kappa shape index (κ1) is 14.6. The van der Waals surface area contributed by atoms with Gasteiger partial charge in [0, 0.05) is 6.54 Å². The third-order valence-electron chi connectivity index (χ3n) is 4.39. The minimum Gasteiger partial charge on any atom is -0.463 e. The van der Waals surface area contributed by atoms with Gasteiger partial charge in [-0.1, -0.05) is 26.0 Å². The summed E-state index contributed by atoms with van der Waals surface area (Å²) in [7, 11) is 0. The summed E-state index contributed by atoms with van der Waals surface area (Å²) in [4.78, 5) is 26.9. The van der Waals surface area contributed by atoms with Crippen LogP contribution < -0.4 is 0 Å². The summed E-state index contributed by atoms with van der Waals surface area (Å²) < 4.78 is 11.3. The first-order valence-electron chi connectivity index (χ1n) is 7.70. The van der Waals surface area contributed by atoms with E-state index in [2.05, 4.69) is 13.8 Å². The molecule has 3 heterocycles. The van der Waals surface area contributed by atoms with Crippen LogP contribution in [0.3, 0.4) is 0 Å². The SMILES string of the molecule is CC(C)CN1CC23C=CC(O2)C(C(=O)OC(C)C)C3C1=O. The molecule has 0 aliphatic carbocycles. The predicted octanol–water partition coefficient (Wildman–Crippen LogP) is 1.38. The Hall–Kier alpha value is -1.36. The van der Waals surface area contributed by atoms with Crippen molar-refractivity contribution < 1.29 is 19.1 Å². The number of hydrogen-bond acceptors (Lipinski definition) is 4. The standard InChI is InChI=1S/C16H23NO4/c1-9(2)7-17-8-16-6-5-11(21-16)12(13(16)14(17)18)15(19)20-10(3)4/h5-6,9-13H,7-8H2,1-4H3. The number of rotatable bonds is 4. The summed E-state index contributed by atoms with van der Waals surface area (Å²) in [6.45, 7) is 9.05. The maximum absolute atomic E-state index is 12.7. The van der Waals surface area contributed by atoms with E-state index in [4.69, 9.17) is 9.47 Å². The lowest BCUT2D eigenvalue weighted by Crippen LogP contribution is -2.40. The van der Waals surface area contributed by atoms with E-state index in [1.54, 1.807) is 0 Å². The molecule has 0 N–H and O–H groups in total. The fourth-order valence-electron chi connectivity index (χ4n) is 3.75. The van der Waals surface area contributed by atoms with Gasteiger partial charge in [-0.05, 0) is 19.8 Å². The third kappa shape index (κ3) is 2.18. The maximum atomic E-state index is 12.7. The summed E-state index contributed by atoms with van der Waals surface area (Å²) in [5, 5.41) is 0. The smallest absolute Gasteiger partial charge is 0.313 e. The number of carbonyl (C=O) groups excluding carboxylic acids is 2. The van der Waals surface area contributed by atoms with Crippen molar-refractivity contribution in [1.29, 1.82) is 0 Å². The van der Waals surface area contributed by atoms with Crippen molar-refractivity contribution in [2.45, 2.75) is 45.5 Å². The maximum Gasteiger partial charge on any atom is 0.313 e. The van der Waals surface area contributed by atoms with Gasteiger partial charge in [-0.25, -0.2) is 0 Å². The number of nitrogens with zero attached hydrogens (tertiary/aromatic N) is 1. The van der Waals surface area contributed by atoms with E-state index in [1.807, 2.05) is 30.9 Å². The van der Waals surface area contributed by atoms with Crippen LogP contribution in [0.4, 0.5) is 0 Å². The summed E-state index contributed by atoms with van der Waals surface area (Å²) in [5.74, 6) is -0.807. The molecule has 0 aromatic rings. The van der Waals surface area contributed by atoms with Crippen LogP contribution >= 0.6 is 0 Å². The fourth-order valence-corrected chi connectivity index (χ4v) is 3.75. The van der Waals surface area contributed by atoms with Gasteiger partial charge in [0.15, 0.2) is 0 Å². The molecule has 3 aliphatic rings. The number of likely N-dealkylation sites (tertiary alicyclic amines) is 1. The zero-order valence-electron chi connectivity index (χ0n) is 13.0. The van der Waals surface area contributed by atoms with Gasteiger partial charge in [0.25, 0.3) is 0 Å². The number of ether oxygens (including phenoxy) is 2. The van der Waals surface area contributed by atoms with Crippen LogP contribution in [0.2, 0.25) is 0 Å². The molecule has 0 saturated carbocycles. The van der Waals surface area contributed by atoms with E-state index < -0.39 is 17.4 Å². The van der Waals surface area contributed by atoms with E-state index in [0.29, 0.717) is 19.0 Å². The van der Waals surface area contributed by atoms with Crippen molar-refractivity contribution in [2.24, 2.45) is 17.8 Å². The molecule has 0 aromatic heterocycles. The Kier molecular flexibility index (Phi) is 3.35. The molecule has 4 atom stereocenters. The monoisotopic (exact) mass is 293 g/mol. The molecule has 4 unspecified atom stereocenters. The molecule has 2 fully saturated rings. The minimum absolute atomic E-state index is 0.0289. The average molecular weight is 293 g/mol. The largest absolute Gasteiger partial charge is 0.463 e. The lowest BCUT2D eigenvalue weighted by molar-refractivity contribution is -0.157. The van der Waals surface area contributed by atoms with Crippen LogP contribution in [0.5, 0.6) is 0 Å². The molecular formula is C16H23NO4. The van der Waals surface area contributed by atoms with E-state index in [1.165, 1.54) is 0 Å². The van der Waals surface area contributed by atoms with Gasteiger partial charge in [0.05, 0.1) is 24.7 Å². The van der Waals surface area contributed by atoms with Crippen LogP contribution in [0.25, 0.3) is 0 Å². The third-order valence-corrected chi connectivity index (χ3v) is 4.39. The van der Waals surface area contributed by atoms with Crippen LogP contribution in [-0.2, 0) is 19.1 Å². The van der Waals surface area contributed by atoms with E-state index >= 15 is 0 Å².